The molecule has 0 aliphatic carbocycles. The van der Waals surface area contributed by atoms with Crippen LogP contribution in [-0.2, 0) is 4.79 Å². The van der Waals surface area contributed by atoms with Gasteiger partial charge >= 0.3 is 0 Å². The molecule has 18 heavy (non-hydrogen) atoms. The van der Waals surface area contributed by atoms with Gasteiger partial charge in [0, 0.05) is 19.0 Å². The number of hydrogen-bond acceptors (Lipinski definition) is 4. The van der Waals surface area contributed by atoms with Gasteiger partial charge in [0.15, 0.2) is 0 Å². The molecule has 0 spiro atoms. The van der Waals surface area contributed by atoms with Gasteiger partial charge in [-0.25, -0.2) is 0 Å². The molecule has 1 amide bonds. The third kappa shape index (κ3) is 2.90. The summed E-state index contributed by atoms with van der Waals surface area (Å²) in [5, 5.41) is 0. The number of carbonyl (C=O) groups is 1. The molecule has 0 fully saturated rings. The van der Waals surface area contributed by atoms with Crippen LogP contribution in [0.2, 0.25) is 0 Å². The first-order chi connectivity index (χ1) is 8.56. The second-order valence-corrected chi connectivity index (χ2v) is 4.32. The van der Waals surface area contributed by atoms with E-state index in [1.54, 1.807) is 26.2 Å². The molecule has 0 saturated carbocycles. The van der Waals surface area contributed by atoms with E-state index < -0.39 is 0 Å². The minimum atomic E-state index is 0.00728. The summed E-state index contributed by atoms with van der Waals surface area (Å²) in [6.07, 6.45) is 0.397. The molecule has 0 aliphatic rings. The predicted octanol–water partition coefficient (Wildman–Crippen LogP) is 2.29. The average Bonchev–Trinajstić information content (AvgIpc) is 2.37. The molecule has 0 atom stereocenters. The number of benzene rings is 1. The van der Waals surface area contributed by atoms with E-state index in [2.05, 4.69) is 12.6 Å². The number of methoxy groups -OCH3 is 2. The SMILES string of the molecule is COc1ccc(N(C)C(=O)CCS)c(OC)c1C. The number of nitrogens with zero attached hydrogens (tertiary/aromatic N) is 1. The van der Waals surface area contributed by atoms with E-state index >= 15 is 0 Å². The molecule has 100 valence electrons. The molecular formula is C13H19NO3S. The van der Waals surface area contributed by atoms with Crippen molar-refractivity contribution in [2.24, 2.45) is 0 Å². The van der Waals surface area contributed by atoms with Crippen molar-refractivity contribution in [1.82, 2.24) is 0 Å². The molecule has 0 unspecified atom stereocenters. The second kappa shape index (κ2) is 6.54. The first kappa shape index (κ1) is 14.7. The largest absolute Gasteiger partial charge is 0.496 e. The summed E-state index contributed by atoms with van der Waals surface area (Å²) < 4.78 is 10.6. The zero-order valence-electron chi connectivity index (χ0n) is 11.2. The number of ether oxygens (including phenoxy) is 2. The normalized spacial score (nSPS) is 10.1. The minimum absolute atomic E-state index is 0.00728. The van der Waals surface area contributed by atoms with Gasteiger partial charge in [-0.05, 0) is 24.8 Å². The lowest BCUT2D eigenvalue weighted by molar-refractivity contribution is -0.117. The number of amides is 1. The van der Waals surface area contributed by atoms with E-state index in [1.807, 2.05) is 19.1 Å². The summed E-state index contributed by atoms with van der Waals surface area (Å²) in [4.78, 5) is 13.5. The zero-order chi connectivity index (χ0) is 13.7. The topological polar surface area (TPSA) is 38.8 Å². The highest BCUT2D eigenvalue weighted by Gasteiger charge is 2.18. The number of rotatable bonds is 5. The Morgan fingerprint density at radius 2 is 2.00 bits per heavy atom. The first-order valence-corrected chi connectivity index (χ1v) is 6.29. The Morgan fingerprint density at radius 1 is 1.33 bits per heavy atom. The maximum Gasteiger partial charge on any atom is 0.227 e. The Balaban J connectivity index is 3.16. The highest BCUT2D eigenvalue weighted by Crippen LogP contribution is 2.36. The fourth-order valence-corrected chi connectivity index (χ4v) is 1.99. The summed E-state index contributed by atoms with van der Waals surface area (Å²) in [7, 11) is 4.93. The van der Waals surface area contributed by atoms with Crippen molar-refractivity contribution in [1.29, 1.82) is 0 Å². The molecule has 0 radical (unpaired) electrons. The summed E-state index contributed by atoms with van der Waals surface area (Å²) in [5.41, 5.74) is 1.62. The van der Waals surface area contributed by atoms with E-state index in [0.29, 0.717) is 17.9 Å². The third-order valence-electron chi connectivity index (χ3n) is 2.82. The standard InChI is InChI=1S/C13H19NO3S/c1-9-11(16-3)6-5-10(13(9)17-4)14(2)12(15)7-8-18/h5-6,18H,7-8H2,1-4H3. The summed E-state index contributed by atoms with van der Waals surface area (Å²) in [6.45, 7) is 1.90. The molecule has 0 bridgehead atoms. The molecule has 0 aromatic heterocycles. The highest BCUT2D eigenvalue weighted by molar-refractivity contribution is 7.80. The van der Waals surface area contributed by atoms with Crippen LogP contribution in [0.25, 0.3) is 0 Å². The second-order valence-electron chi connectivity index (χ2n) is 3.87. The lowest BCUT2D eigenvalue weighted by Gasteiger charge is -2.22. The fourth-order valence-electron chi connectivity index (χ4n) is 1.80. The van der Waals surface area contributed by atoms with Gasteiger partial charge in [0.05, 0.1) is 19.9 Å². The van der Waals surface area contributed by atoms with Crippen LogP contribution in [0.5, 0.6) is 11.5 Å². The maximum atomic E-state index is 11.9. The molecule has 1 rings (SSSR count). The zero-order valence-corrected chi connectivity index (χ0v) is 12.1. The van der Waals surface area contributed by atoms with Crippen LogP contribution in [0.4, 0.5) is 5.69 Å². The van der Waals surface area contributed by atoms with Crippen LogP contribution in [-0.4, -0.2) is 32.9 Å². The quantitative estimate of drug-likeness (QED) is 0.834. The van der Waals surface area contributed by atoms with E-state index in [1.165, 1.54) is 0 Å². The van der Waals surface area contributed by atoms with Crippen LogP contribution in [0, 0.1) is 6.92 Å². The van der Waals surface area contributed by atoms with Crippen molar-refractivity contribution in [3.05, 3.63) is 17.7 Å². The molecule has 1 aromatic carbocycles. The first-order valence-electron chi connectivity index (χ1n) is 5.65. The third-order valence-corrected chi connectivity index (χ3v) is 3.04. The lowest BCUT2D eigenvalue weighted by Crippen LogP contribution is -2.26. The molecular weight excluding hydrogens is 250 g/mol. The van der Waals surface area contributed by atoms with Crippen LogP contribution >= 0.6 is 12.6 Å². The molecule has 5 heteroatoms. The summed E-state index contributed by atoms with van der Waals surface area (Å²) in [6, 6.07) is 3.65. The molecule has 1 aromatic rings. The predicted molar refractivity (Wildman–Crippen MR) is 76.2 cm³/mol. The van der Waals surface area contributed by atoms with Crippen molar-refractivity contribution >= 4 is 24.2 Å². The lowest BCUT2D eigenvalue weighted by atomic mass is 10.1. The van der Waals surface area contributed by atoms with Crippen molar-refractivity contribution < 1.29 is 14.3 Å². The number of hydrogen-bond donors (Lipinski definition) is 1. The Labute approximate surface area is 113 Å². The summed E-state index contributed by atoms with van der Waals surface area (Å²) in [5.74, 6) is 1.93. The Hall–Kier alpha value is -1.36. The average molecular weight is 269 g/mol. The van der Waals surface area contributed by atoms with Gasteiger partial charge in [-0.3, -0.25) is 4.79 Å². The molecule has 0 aliphatic heterocycles. The van der Waals surface area contributed by atoms with Crippen molar-refractivity contribution in [3.8, 4) is 11.5 Å². The van der Waals surface area contributed by atoms with Gasteiger partial charge < -0.3 is 14.4 Å². The van der Waals surface area contributed by atoms with Gasteiger partial charge in [0.2, 0.25) is 5.91 Å². The molecule has 0 saturated heterocycles. The molecule has 0 heterocycles. The van der Waals surface area contributed by atoms with E-state index in [9.17, 15) is 4.79 Å². The highest BCUT2D eigenvalue weighted by atomic mass is 32.1. The molecule has 4 nitrogen and oxygen atoms in total. The Morgan fingerprint density at radius 3 is 2.50 bits per heavy atom. The number of anilines is 1. The number of thiol groups is 1. The van der Waals surface area contributed by atoms with Crippen LogP contribution in [0.1, 0.15) is 12.0 Å². The van der Waals surface area contributed by atoms with Crippen molar-refractivity contribution in [2.45, 2.75) is 13.3 Å². The van der Waals surface area contributed by atoms with Crippen molar-refractivity contribution in [2.75, 3.05) is 31.9 Å². The molecule has 0 N–H and O–H groups in total. The van der Waals surface area contributed by atoms with Gasteiger partial charge in [-0.1, -0.05) is 0 Å². The van der Waals surface area contributed by atoms with Gasteiger partial charge in [0.1, 0.15) is 11.5 Å². The van der Waals surface area contributed by atoms with E-state index in [4.69, 9.17) is 9.47 Å². The monoisotopic (exact) mass is 269 g/mol. The number of carbonyl (C=O) groups excluding carboxylic acids is 1. The van der Waals surface area contributed by atoms with Gasteiger partial charge in [-0.15, -0.1) is 0 Å². The van der Waals surface area contributed by atoms with E-state index in [0.717, 1.165) is 17.0 Å². The Bertz CT molecular complexity index is 434. The fraction of sp³-hybridized carbons (Fsp3) is 0.462. The Kier molecular flexibility index (Phi) is 5.34. The minimum Gasteiger partial charge on any atom is -0.496 e. The van der Waals surface area contributed by atoms with Gasteiger partial charge in [0.25, 0.3) is 0 Å². The van der Waals surface area contributed by atoms with E-state index in [-0.39, 0.29) is 5.91 Å². The smallest absolute Gasteiger partial charge is 0.227 e. The van der Waals surface area contributed by atoms with Gasteiger partial charge in [-0.2, -0.15) is 12.6 Å². The van der Waals surface area contributed by atoms with Crippen LogP contribution in [0.3, 0.4) is 0 Å². The van der Waals surface area contributed by atoms with Crippen LogP contribution in [0.15, 0.2) is 12.1 Å². The van der Waals surface area contributed by atoms with Crippen molar-refractivity contribution in [3.63, 3.8) is 0 Å². The maximum absolute atomic E-state index is 11.9. The van der Waals surface area contributed by atoms with Crippen LogP contribution < -0.4 is 14.4 Å². The summed E-state index contributed by atoms with van der Waals surface area (Å²) >= 11 is 4.07.